The van der Waals surface area contributed by atoms with E-state index < -0.39 is 0 Å². The molecule has 6 rings (SSSR count). The van der Waals surface area contributed by atoms with Crippen molar-refractivity contribution in [3.05, 3.63) is 78.4 Å². The summed E-state index contributed by atoms with van der Waals surface area (Å²) in [5, 5.41) is 3.76. The number of fused-ring (bicyclic) bond motifs is 2. The maximum atomic E-state index is 13.6. The van der Waals surface area contributed by atoms with Gasteiger partial charge in [0, 0.05) is 74.0 Å². The Labute approximate surface area is 207 Å². The average molecular weight is 484 g/mol. The molecule has 2 N–H and O–H groups in total. The summed E-state index contributed by atoms with van der Waals surface area (Å²) in [6, 6.07) is 9.78. The number of H-pyrrole nitrogens is 1. The van der Waals surface area contributed by atoms with Gasteiger partial charge in [-0.1, -0.05) is 0 Å². The molecule has 1 aliphatic heterocycles. The molecular formula is C27H26FN7O. The topological polar surface area (TPSA) is 91.7 Å². The molecule has 1 saturated heterocycles. The molecule has 5 aromatic heterocycles. The monoisotopic (exact) mass is 483 g/mol. The van der Waals surface area contributed by atoms with E-state index in [9.17, 15) is 9.18 Å². The van der Waals surface area contributed by atoms with Crippen molar-refractivity contribution in [3.8, 4) is 11.1 Å². The minimum atomic E-state index is -0.343. The third-order valence-corrected chi connectivity index (χ3v) is 7.03. The Kier molecular flexibility index (Phi) is 5.59. The first-order valence-corrected chi connectivity index (χ1v) is 12.1. The van der Waals surface area contributed by atoms with Gasteiger partial charge in [-0.2, -0.15) is 0 Å². The summed E-state index contributed by atoms with van der Waals surface area (Å²) in [5.41, 5.74) is 6.69. The Hall–Kier alpha value is -4.27. The van der Waals surface area contributed by atoms with E-state index in [1.165, 1.54) is 12.3 Å². The van der Waals surface area contributed by atoms with Gasteiger partial charge in [-0.05, 0) is 54.3 Å². The van der Waals surface area contributed by atoms with Gasteiger partial charge in [-0.25, -0.2) is 14.2 Å². The highest BCUT2D eigenvalue weighted by atomic mass is 19.1. The van der Waals surface area contributed by atoms with Gasteiger partial charge >= 0.3 is 6.03 Å². The highest BCUT2D eigenvalue weighted by Crippen LogP contribution is 2.34. The molecule has 0 bridgehead atoms. The van der Waals surface area contributed by atoms with Gasteiger partial charge < -0.3 is 19.8 Å². The van der Waals surface area contributed by atoms with Gasteiger partial charge in [0.15, 0.2) is 0 Å². The van der Waals surface area contributed by atoms with Crippen LogP contribution in [-0.2, 0) is 6.54 Å². The van der Waals surface area contributed by atoms with Gasteiger partial charge in [-0.3, -0.25) is 9.97 Å². The van der Waals surface area contributed by atoms with Crippen LogP contribution in [0.25, 0.3) is 33.2 Å². The number of pyridine rings is 3. The fourth-order valence-electron chi connectivity index (χ4n) is 5.16. The maximum Gasteiger partial charge on any atom is 0.317 e. The van der Waals surface area contributed by atoms with Gasteiger partial charge in [-0.15, -0.1) is 0 Å². The Morgan fingerprint density at radius 3 is 2.81 bits per heavy atom. The number of amides is 2. The molecule has 9 heteroatoms. The normalized spacial score (nSPS) is 14.6. The Morgan fingerprint density at radius 1 is 1.14 bits per heavy atom. The van der Waals surface area contributed by atoms with Crippen LogP contribution in [0.4, 0.5) is 9.18 Å². The summed E-state index contributed by atoms with van der Waals surface area (Å²) in [7, 11) is 1.67. The number of urea groups is 1. The van der Waals surface area contributed by atoms with Crippen molar-refractivity contribution >= 4 is 28.1 Å². The number of piperidine rings is 1. The molecule has 5 aromatic rings. The third kappa shape index (κ3) is 4.06. The van der Waals surface area contributed by atoms with Gasteiger partial charge in [0.2, 0.25) is 0 Å². The number of hydrogen-bond donors (Lipinski definition) is 2. The number of nitrogens with zero attached hydrogens (tertiary/aromatic N) is 5. The molecule has 0 spiro atoms. The molecular weight excluding hydrogens is 457 g/mol. The van der Waals surface area contributed by atoms with Crippen molar-refractivity contribution in [3.63, 3.8) is 0 Å². The van der Waals surface area contributed by atoms with Crippen LogP contribution in [0.3, 0.4) is 0 Å². The maximum absolute atomic E-state index is 13.6. The van der Waals surface area contributed by atoms with E-state index in [4.69, 9.17) is 0 Å². The van der Waals surface area contributed by atoms with Crippen molar-refractivity contribution in [1.82, 2.24) is 34.7 Å². The first kappa shape index (κ1) is 22.2. The number of hydrogen-bond acceptors (Lipinski definition) is 4. The largest absolute Gasteiger partial charge is 0.343 e. The fraction of sp³-hybridized carbons (Fsp3) is 0.259. The molecule has 0 radical (unpaired) electrons. The Balaban J connectivity index is 1.32. The number of carbonyl (C=O) groups excluding carboxylic acids is 1. The van der Waals surface area contributed by atoms with E-state index in [1.54, 1.807) is 13.2 Å². The number of halogens is 1. The van der Waals surface area contributed by atoms with Crippen molar-refractivity contribution in [1.29, 1.82) is 0 Å². The molecule has 0 aliphatic carbocycles. The van der Waals surface area contributed by atoms with Crippen LogP contribution < -0.4 is 5.32 Å². The summed E-state index contributed by atoms with van der Waals surface area (Å²) in [6.45, 7) is 1.98. The van der Waals surface area contributed by atoms with Crippen LogP contribution in [0.15, 0.2) is 61.3 Å². The Morgan fingerprint density at radius 2 is 2.00 bits per heavy atom. The lowest BCUT2D eigenvalue weighted by Crippen LogP contribution is -2.42. The summed E-state index contributed by atoms with van der Waals surface area (Å²) < 4.78 is 15.7. The lowest BCUT2D eigenvalue weighted by molar-refractivity contribution is 0.183. The molecule has 1 fully saturated rings. The second kappa shape index (κ2) is 9.07. The SMILES string of the molecule is CNC(=O)N1CCC(c2cc3c(-c4cnc5ccn(Cc6cncc(F)c6)c5c4)ccnc3[nH]2)CC1. The van der Waals surface area contributed by atoms with Crippen molar-refractivity contribution in [2.75, 3.05) is 20.1 Å². The zero-order valence-corrected chi connectivity index (χ0v) is 19.9. The van der Waals surface area contributed by atoms with Crippen LogP contribution in [0, 0.1) is 5.82 Å². The summed E-state index contributed by atoms with van der Waals surface area (Å²) >= 11 is 0. The van der Waals surface area contributed by atoms with Crippen molar-refractivity contribution in [2.24, 2.45) is 0 Å². The van der Waals surface area contributed by atoms with E-state index in [0.717, 1.165) is 70.4 Å². The van der Waals surface area contributed by atoms with E-state index in [0.29, 0.717) is 12.5 Å². The van der Waals surface area contributed by atoms with E-state index in [-0.39, 0.29) is 11.8 Å². The molecule has 36 heavy (non-hydrogen) atoms. The average Bonchev–Trinajstić information content (AvgIpc) is 3.52. The van der Waals surface area contributed by atoms with Crippen LogP contribution in [0.1, 0.15) is 30.0 Å². The number of carbonyl (C=O) groups is 1. The Bertz CT molecular complexity index is 1570. The summed E-state index contributed by atoms with van der Waals surface area (Å²) in [4.78, 5) is 30.5. The summed E-state index contributed by atoms with van der Waals surface area (Å²) in [5.74, 6) is 0.00943. The first-order chi connectivity index (χ1) is 17.6. The van der Waals surface area contributed by atoms with Crippen molar-refractivity contribution in [2.45, 2.75) is 25.3 Å². The molecule has 0 unspecified atom stereocenters. The van der Waals surface area contributed by atoms with Gasteiger partial charge in [0.1, 0.15) is 11.5 Å². The molecule has 6 heterocycles. The van der Waals surface area contributed by atoms with Crippen LogP contribution >= 0.6 is 0 Å². The second-order valence-electron chi connectivity index (χ2n) is 9.25. The molecule has 8 nitrogen and oxygen atoms in total. The van der Waals surface area contributed by atoms with Crippen LogP contribution in [0.5, 0.6) is 0 Å². The van der Waals surface area contributed by atoms with Crippen LogP contribution in [-0.4, -0.2) is 55.6 Å². The quantitative estimate of drug-likeness (QED) is 0.388. The summed E-state index contributed by atoms with van der Waals surface area (Å²) in [6.07, 6.45) is 10.4. The molecule has 182 valence electrons. The van der Waals surface area contributed by atoms with E-state index in [1.807, 2.05) is 35.6 Å². The molecule has 1 aliphatic rings. The number of aromatic nitrogens is 5. The predicted molar refractivity (Wildman–Crippen MR) is 136 cm³/mol. The van der Waals surface area contributed by atoms with Gasteiger partial charge in [0.25, 0.3) is 0 Å². The number of nitrogens with one attached hydrogen (secondary N) is 2. The lowest BCUT2D eigenvalue weighted by Gasteiger charge is -2.31. The first-order valence-electron chi connectivity index (χ1n) is 12.1. The molecule has 0 aromatic carbocycles. The van der Waals surface area contributed by atoms with E-state index in [2.05, 4.69) is 42.0 Å². The lowest BCUT2D eigenvalue weighted by atomic mass is 9.93. The smallest absolute Gasteiger partial charge is 0.317 e. The minimum absolute atomic E-state index is 0.0182. The number of aromatic amines is 1. The highest BCUT2D eigenvalue weighted by Gasteiger charge is 2.25. The molecule has 0 atom stereocenters. The zero-order valence-electron chi connectivity index (χ0n) is 19.9. The highest BCUT2D eigenvalue weighted by molar-refractivity contribution is 5.95. The second-order valence-corrected chi connectivity index (χ2v) is 9.25. The zero-order chi connectivity index (χ0) is 24.6. The van der Waals surface area contributed by atoms with Gasteiger partial charge in [0.05, 0.1) is 17.2 Å². The number of rotatable bonds is 4. The molecule has 2 amide bonds. The van der Waals surface area contributed by atoms with Crippen molar-refractivity contribution < 1.29 is 9.18 Å². The van der Waals surface area contributed by atoms with E-state index >= 15 is 0 Å². The van der Waals surface area contributed by atoms with Crippen LogP contribution in [0.2, 0.25) is 0 Å². The third-order valence-electron chi connectivity index (χ3n) is 7.03. The predicted octanol–water partition coefficient (Wildman–Crippen LogP) is 4.68. The fourth-order valence-corrected chi connectivity index (χ4v) is 5.16. The molecule has 0 saturated carbocycles. The number of likely N-dealkylation sites (tertiary alicyclic amines) is 1. The standard InChI is InChI=1S/C27H26FN7O/c1-29-27(36)34-7-3-18(4-8-34)24-12-22-21(2-6-31-26(22)33-24)19-11-25-23(32-14-19)5-9-35(25)16-17-10-20(28)15-30-13-17/h2,5-6,9-15,18H,3-4,7-8,16H2,1H3,(H,29,36)(H,31,33). The minimum Gasteiger partial charge on any atom is -0.343 e.